The van der Waals surface area contributed by atoms with E-state index in [-0.39, 0.29) is 5.91 Å². The lowest BCUT2D eigenvalue weighted by atomic mass is 10.1. The topological polar surface area (TPSA) is 60.5 Å². The third kappa shape index (κ3) is 3.74. The van der Waals surface area contributed by atoms with Crippen molar-refractivity contribution < 1.29 is 14.3 Å². The van der Waals surface area contributed by atoms with E-state index in [2.05, 4.69) is 10.3 Å². The first-order valence-electron chi connectivity index (χ1n) is 7.43. The van der Waals surface area contributed by atoms with Gasteiger partial charge in [-0.05, 0) is 43.2 Å². The van der Waals surface area contributed by atoms with Crippen LogP contribution in [-0.2, 0) is 6.42 Å². The molecule has 120 valence electrons. The quantitative estimate of drug-likeness (QED) is 0.935. The number of pyridine rings is 1. The molecule has 0 aliphatic carbocycles. The van der Waals surface area contributed by atoms with Crippen molar-refractivity contribution in [1.29, 1.82) is 0 Å². The zero-order valence-electron chi connectivity index (χ0n) is 12.8. The van der Waals surface area contributed by atoms with Crippen LogP contribution in [0.5, 0.6) is 11.5 Å². The summed E-state index contributed by atoms with van der Waals surface area (Å²) >= 11 is 6.20. The minimum Gasteiger partial charge on any atom is -0.486 e. The van der Waals surface area contributed by atoms with Crippen molar-refractivity contribution in [3.63, 3.8) is 0 Å². The Labute approximate surface area is 139 Å². The minimum absolute atomic E-state index is 0.183. The molecular formula is C17H17ClN2O3. The van der Waals surface area contributed by atoms with E-state index in [1.807, 2.05) is 31.2 Å². The third-order valence-corrected chi connectivity index (χ3v) is 3.76. The highest BCUT2D eigenvalue weighted by molar-refractivity contribution is 6.32. The molecule has 2 heterocycles. The van der Waals surface area contributed by atoms with E-state index in [1.165, 1.54) is 0 Å². The van der Waals surface area contributed by atoms with Gasteiger partial charge in [0.25, 0.3) is 5.91 Å². The Balaban J connectivity index is 1.60. The fourth-order valence-electron chi connectivity index (χ4n) is 2.39. The molecule has 3 rings (SSSR count). The van der Waals surface area contributed by atoms with E-state index in [1.54, 1.807) is 6.07 Å². The van der Waals surface area contributed by atoms with E-state index in [0.717, 1.165) is 11.3 Å². The van der Waals surface area contributed by atoms with Crippen molar-refractivity contribution in [3.8, 4) is 11.5 Å². The van der Waals surface area contributed by atoms with E-state index in [0.29, 0.717) is 48.4 Å². The average molecular weight is 333 g/mol. The number of aryl methyl sites for hydroxylation is 1. The third-order valence-electron chi connectivity index (χ3n) is 3.48. The van der Waals surface area contributed by atoms with Crippen LogP contribution in [0.15, 0.2) is 30.3 Å². The second-order valence-corrected chi connectivity index (χ2v) is 5.68. The van der Waals surface area contributed by atoms with Crippen molar-refractivity contribution >= 4 is 17.5 Å². The van der Waals surface area contributed by atoms with Gasteiger partial charge in [0, 0.05) is 12.2 Å². The molecule has 0 saturated heterocycles. The van der Waals surface area contributed by atoms with Gasteiger partial charge < -0.3 is 14.8 Å². The normalized spacial score (nSPS) is 12.8. The Hall–Kier alpha value is -2.27. The maximum atomic E-state index is 12.0. The number of hydrogen-bond acceptors (Lipinski definition) is 4. The van der Waals surface area contributed by atoms with Gasteiger partial charge in [-0.25, -0.2) is 4.98 Å². The molecule has 1 aliphatic heterocycles. The summed E-state index contributed by atoms with van der Waals surface area (Å²) in [7, 11) is 0. The van der Waals surface area contributed by atoms with Crippen LogP contribution in [0.3, 0.4) is 0 Å². The number of halogens is 1. The monoisotopic (exact) mass is 332 g/mol. The molecule has 0 bridgehead atoms. The number of carbonyl (C=O) groups is 1. The van der Waals surface area contributed by atoms with Gasteiger partial charge in [0.1, 0.15) is 18.9 Å². The maximum absolute atomic E-state index is 12.0. The van der Waals surface area contributed by atoms with Crippen LogP contribution < -0.4 is 14.8 Å². The highest BCUT2D eigenvalue weighted by Crippen LogP contribution is 2.38. The molecule has 0 radical (unpaired) electrons. The van der Waals surface area contributed by atoms with Gasteiger partial charge in [-0.1, -0.05) is 17.7 Å². The number of carbonyl (C=O) groups excluding carboxylic acids is 1. The molecule has 1 aromatic heterocycles. The Kier molecular flexibility index (Phi) is 4.67. The van der Waals surface area contributed by atoms with Gasteiger partial charge in [-0.15, -0.1) is 0 Å². The molecule has 6 heteroatoms. The Morgan fingerprint density at radius 1 is 1.30 bits per heavy atom. The van der Waals surface area contributed by atoms with Gasteiger partial charge in [-0.3, -0.25) is 4.79 Å². The van der Waals surface area contributed by atoms with E-state index in [4.69, 9.17) is 21.1 Å². The largest absolute Gasteiger partial charge is 0.486 e. The molecule has 2 aromatic rings. The van der Waals surface area contributed by atoms with Crippen molar-refractivity contribution in [2.45, 2.75) is 13.3 Å². The second-order valence-electron chi connectivity index (χ2n) is 5.27. The number of ether oxygens (including phenoxy) is 2. The van der Waals surface area contributed by atoms with Crippen LogP contribution in [0.25, 0.3) is 0 Å². The van der Waals surface area contributed by atoms with Crippen LogP contribution >= 0.6 is 11.6 Å². The summed E-state index contributed by atoms with van der Waals surface area (Å²) in [6, 6.07) is 9.11. The first-order chi connectivity index (χ1) is 11.1. The zero-order chi connectivity index (χ0) is 16.2. The molecule has 23 heavy (non-hydrogen) atoms. The first kappa shape index (κ1) is 15.6. The van der Waals surface area contributed by atoms with Crippen LogP contribution in [0.1, 0.15) is 21.7 Å². The summed E-state index contributed by atoms with van der Waals surface area (Å²) in [5.41, 5.74) is 2.22. The van der Waals surface area contributed by atoms with Crippen molar-refractivity contribution in [2.24, 2.45) is 0 Å². The minimum atomic E-state index is -0.183. The van der Waals surface area contributed by atoms with Crippen LogP contribution in [0, 0.1) is 6.92 Å². The van der Waals surface area contributed by atoms with Gasteiger partial charge in [-0.2, -0.15) is 0 Å². The molecule has 0 spiro atoms. The van der Waals surface area contributed by atoms with E-state index >= 15 is 0 Å². The lowest BCUT2D eigenvalue weighted by molar-refractivity contribution is 0.0949. The number of rotatable bonds is 4. The molecule has 0 unspecified atom stereocenters. The molecule has 1 aromatic carbocycles. The fourth-order valence-corrected chi connectivity index (χ4v) is 2.68. The van der Waals surface area contributed by atoms with Crippen LogP contribution in [0.4, 0.5) is 0 Å². The lowest BCUT2D eigenvalue weighted by Gasteiger charge is -2.20. The predicted octanol–water partition coefficient (Wildman–Crippen LogP) is 2.79. The standard InChI is InChI=1S/C17H17ClN2O3/c1-11-3-2-4-14(20-11)17(21)19-6-5-12-9-13(18)16-15(10-12)22-7-8-23-16/h2-4,9-10H,5-8H2,1H3,(H,19,21). The van der Waals surface area contributed by atoms with Crippen molar-refractivity contribution in [2.75, 3.05) is 19.8 Å². The number of nitrogens with one attached hydrogen (secondary N) is 1. The second kappa shape index (κ2) is 6.87. The Bertz CT molecular complexity index is 734. The van der Waals surface area contributed by atoms with Crippen LogP contribution in [0.2, 0.25) is 5.02 Å². The zero-order valence-corrected chi connectivity index (χ0v) is 13.5. The number of hydrogen-bond donors (Lipinski definition) is 1. The highest BCUT2D eigenvalue weighted by atomic mass is 35.5. The maximum Gasteiger partial charge on any atom is 0.269 e. The summed E-state index contributed by atoms with van der Waals surface area (Å²) in [5.74, 6) is 1.07. The van der Waals surface area contributed by atoms with Crippen molar-refractivity contribution in [3.05, 3.63) is 52.3 Å². The molecular weight excluding hydrogens is 316 g/mol. The van der Waals surface area contributed by atoms with Crippen molar-refractivity contribution in [1.82, 2.24) is 10.3 Å². The molecule has 0 fully saturated rings. The SMILES string of the molecule is Cc1cccc(C(=O)NCCc2cc(Cl)c3c(c2)OCCO3)n1. The summed E-state index contributed by atoms with van der Waals surface area (Å²) in [4.78, 5) is 16.2. The smallest absolute Gasteiger partial charge is 0.269 e. The number of aromatic nitrogens is 1. The fraction of sp³-hybridized carbons (Fsp3) is 0.294. The average Bonchev–Trinajstić information content (AvgIpc) is 2.55. The van der Waals surface area contributed by atoms with Gasteiger partial charge in [0.05, 0.1) is 5.02 Å². The number of benzene rings is 1. The molecule has 0 saturated carbocycles. The van der Waals surface area contributed by atoms with Gasteiger partial charge >= 0.3 is 0 Å². The lowest BCUT2D eigenvalue weighted by Crippen LogP contribution is -2.26. The number of fused-ring (bicyclic) bond motifs is 1. The Morgan fingerprint density at radius 2 is 2.13 bits per heavy atom. The van der Waals surface area contributed by atoms with Gasteiger partial charge in [0.15, 0.2) is 11.5 Å². The Morgan fingerprint density at radius 3 is 2.96 bits per heavy atom. The molecule has 1 aliphatic rings. The molecule has 5 nitrogen and oxygen atoms in total. The van der Waals surface area contributed by atoms with E-state index in [9.17, 15) is 4.79 Å². The molecule has 1 N–H and O–H groups in total. The number of amides is 1. The summed E-state index contributed by atoms with van der Waals surface area (Å²) in [6.07, 6.45) is 0.647. The summed E-state index contributed by atoms with van der Waals surface area (Å²) < 4.78 is 11.0. The summed E-state index contributed by atoms with van der Waals surface area (Å²) in [5, 5.41) is 3.39. The summed E-state index contributed by atoms with van der Waals surface area (Å²) in [6.45, 7) is 3.37. The number of nitrogens with zero attached hydrogens (tertiary/aromatic N) is 1. The molecule has 1 amide bonds. The highest BCUT2D eigenvalue weighted by Gasteiger charge is 2.16. The van der Waals surface area contributed by atoms with Gasteiger partial charge in [0.2, 0.25) is 0 Å². The van der Waals surface area contributed by atoms with E-state index < -0.39 is 0 Å². The van der Waals surface area contributed by atoms with Crippen LogP contribution in [-0.4, -0.2) is 30.6 Å². The predicted molar refractivity (Wildman–Crippen MR) is 87.5 cm³/mol. The molecule has 0 atom stereocenters. The first-order valence-corrected chi connectivity index (χ1v) is 7.81.